The van der Waals surface area contributed by atoms with Gasteiger partial charge < -0.3 is 20.1 Å². The predicted octanol–water partition coefficient (Wildman–Crippen LogP) is 0.319. The van der Waals surface area contributed by atoms with Crippen molar-refractivity contribution in [2.24, 2.45) is 11.7 Å². The topological polar surface area (TPSA) is 47.7 Å². The molecule has 0 aromatic rings. The molecule has 1 aliphatic heterocycles. The van der Waals surface area contributed by atoms with E-state index in [4.69, 9.17) is 15.2 Å². The minimum absolute atomic E-state index is 0.250. The van der Waals surface area contributed by atoms with E-state index in [9.17, 15) is 0 Å². The Kier molecular flexibility index (Phi) is 6.17. The smallest absolute Gasteiger partial charge is 0.0510 e. The second-order valence-electron chi connectivity index (χ2n) is 4.40. The molecule has 90 valence electrons. The van der Waals surface area contributed by atoms with E-state index in [-0.39, 0.29) is 6.04 Å². The maximum atomic E-state index is 6.13. The fourth-order valence-corrected chi connectivity index (χ4v) is 1.97. The van der Waals surface area contributed by atoms with E-state index < -0.39 is 0 Å². The van der Waals surface area contributed by atoms with Gasteiger partial charge in [-0.15, -0.1) is 0 Å². The molecule has 0 saturated carbocycles. The summed E-state index contributed by atoms with van der Waals surface area (Å²) in [5, 5.41) is 0. The Labute approximate surface area is 92.7 Å². The molecule has 0 bridgehead atoms. The van der Waals surface area contributed by atoms with Crippen molar-refractivity contribution >= 4 is 0 Å². The molecule has 0 radical (unpaired) electrons. The number of nitrogens with zero attached hydrogens (tertiary/aromatic N) is 1. The molecule has 0 aromatic heterocycles. The zero-order valence-corrected chi connectivity index (χ0v) is 9.95. The molecule has 0 aromatic carbocycles. The van der Waals surface area contributed by atoms with Crippen LogP contribution in [0.1, 0.15) is 12.8 Å². The van der Waals surface area contributed by atoms with Crippen molar-refractivity contribution in [2.45, 2.75) is 18.9 Å². The maximum Gasteiger partial charge on any atom is 0.0510 e. The molecular weight excluding hydrogens is 192 g/mol. The maximum absolute atomic E-state index is 6.13. The highest BCUT2D eigenvalue weighted by Gasteiger charge is 2.23. The molecule has 1 rings (SSSR count). The molecule has 1 aliphatic rings. The third-order valence-electron chi connectivity index (χ3n) is 2.98. The van der Waals surface area contributed by atoms with Crippen molar-refractivity contribution in [3.8, 4) is 0 Å². The molecule has 2 unspecified atom stereocenters. The van der Waals surface area contributed by atoms with Crippen LogP contribution in [0.3, 0.4) is 0 Å². The third-order valence-corrected chi connectivity index (χ3v) is 2.98. The van der Waals surface area contributed by atoms with Gasteiger partial charge in [0.15, 0.2) is 0 Å². The number of likely N-dealkylation sites (N-methyl/N-ethyl adjacent to an activating group) is 1. The average Bonchev–Trinajstić information content (AvgIpc) is 2.70. The number of hydrogen-bond acceptors (Lipinski definition) is 4. The molecule has 1 saturated heterocycles. The van der Waals surface area contributed by atoms with Gasteiger partial charge in [-0.05, 0) is 19.9 Å². The summed E-state index contributed by atoms with van der Waals surface area (Å²) in [7, 11) is 3.85. The van der Waals surface area contributed by atoms with Crippen molar-refractivity contribution in [2.75, 3.05) is 47.1 Å². The zero-order chi connectivity index (χ0) is 11.1. The van der Waals surface area contributed by atoms with Crippen LogP contribution in [0.4, 0.5) is 0 Å². The highest BCUT2D eigenvalue weighted by Crippen LogP contribution is 2.15. The minimum Gasteiger partial charge on any atom is -0.385 e. The lowest BCUT2D eigenvalue weighted by Gasteiger charge is -2.24. The number of ether oxygens (including phenoxy) is 2. The van der Waals surface area contributed by atoms with Gasteiger partial charge in [-0.2, -0.15) is 0 Å². The second-order valence-corrected chi connectivity index (χ2v) is 4.40. The van der Waals surface area contributed by atoms with E-state index in [2.05, 4.69) is 11.9 Å². The van der Waals surface area contributed by atoms with Crippen LogP contribution in [-0.4, -0.2) is 58.0 Å². The first-order chi connectivity index (χ1) is 7.24. The Hall–Kier alpha value is -0.160. The SMILES string of the molecule is COCCCN(C)CC(N)C1CCOC1. The molecule has 1 heterocycles. The van der Waals surface area contributed by atoms with Crippen LogP contribution in [0.15, 0.2) is 0 Å². The van der Waals surface area contributed by atoms with Crippen LogP contribution in [0.5, 0.6) is 0 Å². The molecule has 1 fully saturated rings. The largest absolute Gasteiger partial charge is 0.385 e. The number of methoxy groups -OCH3 is 1. The molecule has 0 aliphatic carbocycles. The summed E-state index contributed by atoms with van der Waals surface area (Å²) in [4.78, 5) is 2.28. The fourth-order valence-electron chi connectivity index (χ4n) is 1.97. The predicted molar refractivity (Wildman–Crippen MR) is 60.9 cm³/mol. The van der Waals surface area contributed by atoms with Crippen molar-refractivity contribution in [3.63, 3.8) is 0 Å². The van der Waals surface area contributed by atoms with Crippen molar-refractivity contribution in [1.29, 1.82) is 0 Å². The van der Waals surface area contributed by atoms with Gasteiger partial charge in [0.25, 0.3) is 0 Å². The number of rotatable bonds is 7. The van der Waals surface area contributed by atoms with Gasteiger partial charge in [0.05, 0.1) is 6.61 Å². The van der Waals surface area contributed by atoms with Crippen molar-refractivity contribution in [3.05, 3.63) is 0 Å². The van der Waals surface area contributed by atoms with E-state index in [0.29, 0.717) is 5.92 Å². The summed E-state index contributed by atoms with van der Waals surface area (Å²) in [5.74, 6) is 0.551. The summed E-state index contributed by atoms with van der Waals surface area (Å²) < 4.78 is 10.4. The van der Waals surface area contributed by atoms with Gasteiger partial charge in [-0.1, -0.05) is 0 Å². The standard InChI is InChI=1S/C11H24N2O2/c1-13(5-3-6-14-2)8-11(12)10-4-7-15-9-10/h10-11H,3-9,12H2,1-2H3. The van der Waals surface area contributed by atoms with Crippen LogP contribution < -0.4 is 5.73 Å². The number of hydrogen-bond donors (Lipinski definition) is 1. The third kappa shape index (κ3) is 4.93. The molecule has 0 spiro atoms. The highest BCUT2D eigenvalue weighted by atomic mass is 16.5. The second kappa shape index (κ2) is 7.17. The Morgan fingerprint density at radius 3 is 3.00 bits per heavy atom. The van der Waals surface area contributed by atoms with Gasteiger partial charge in [0, 0.05) is 45.4 Å². The Balaban J connectivity index is 2.10. The molecular formula is C11H24N2O2. The van der Waals surface area contributed by atoms with Crippen LogP contribution in [0.2, 0.25) is 0 Å². The normalized spacial score (nSPS) is 23.6. The minimum atomic E-state index is 0.250. The van der Waals surface area contributed by atoms with E-state index >= 15 is 0 Å². The Bertz CT molecular complexity index is 161. The molecule has 2 atom stereocenters. The zero-order valence-electron chi connectivity index (χ0n) is 9.95. The molecule has 4 nitrogen and oxygen atoms in total. The average molecular weight is 216 g/mol. The first kappa shape index (κ1) is 12.9. The van der Waals surface area contributed by atoms with E-state index in [0.717, 1.165) is 45.8 Å². The quantitative estimate of drug-likeness (QED) is 0.623. The van der Waals surface area contributed by atoms with E-state index in [1.54, 1.807) is 7.11 Å². The van der Waals surface area contributed by atoms with Crippen molar-refractivity contribution < 1.29 is 9.47 Å². The number of nitrogens with two attached hydrogens (primary N) is 1. The Morgan fingerprint density at radius 1 is 1.60 bits per heavy atom. The summed E-state index contributed by atoms with van der Waals surface area (Å²) in [5.41, 5.74) is 6.13. The van der Waals surface area contributed by atoms with Crippen LogP contribution in [0, 0.1) is 5.92 Å². The van der Waals surface area contributed by atoms with Gasteiger partial charge in [-0.3, -0.25) is 0 Å². The van der Waals surface area contributed by atoms with Gasteiger partial charge in [0.1, 0.15) is 0 Å². The van der Waals surface area contributed by atoms with E-state index in [1.807, 2.05) is 0 Å². The fraction of sp³-hybridized carbons (Fsp3) is 1.00. The molecule has 2 N–H and O–H groups in total. The summed E-state index contributed by atoms with van der Waals surface area (Å²) in [6.45, 7) is 4.55. The van der Waals surface area contributed by atoms with Gasteiger partial charge >= 0.3 is 0 Å². The van der Waals surface area contributed by atoms with Gasteiger partial charge in [-0.25, -0.2) is 0 Å². The molecule has 0 amide bonds. The lowest BCUT2D eigenvalue weighted by Crippen LogP contribution is -2.41. The van der Waals surface area contributed by atoms with Crippen LogP contribution >= 0.6 is 0 Å². The first-order valence-electron chi connectivity index (χ1n) is 5.75. The first-order valence-corrected chi connectivity index (χ1v) is 5.75. The monoisotopic (exact) mass is 216 g/mol. The van der Waals surface area contributed by atoms with Crippen LogP contribution in [-0.2, 0) is 9.47 Å². The Morgan fingerprint density at radius 2 is 2.40 bits per heavy atom. The summed E-state index contributed by atoms with van der Waals surface area (Å²) in [6, 6.07) is 0.250. The van der Waals surface area contributed by atoms with Crippen LogP contribution in [0.25, 0.3) is 0 Å². The molecule has 4 heteroatoms. The lowest BCUT2D eigenvalue weighted by molar-refractivity contribution is 0.164. The van der Waals surface area contributed by atoms with Gasteiger partial charge in [0.2, 0.25) is 0 Å². The summed E-state index contributed by atoms with van der Waals surface area (Å²) in [6.07, 6.45) is 2.19. The lowest BCUT2D eigenvalue weighted by atomic mass is 9.99. The highest BCUT2D eigenvalue weighted by molar-refractivity contribution is 4.78. The molecule has 15 heavy (non-hydrogen) atoms. The van der Waals surface area contributed by atoms with E-state index in [1.165, 1.54) is 0 Å². The summed E-state index contributed by atoms with van der Waals surface area (Å²) >= 11 is 0. The van der Waals surface area contributed by atoms with Crippen molar-refractivity contribution in [1.82, 2.24) is 4.90 Å².